The van der Waals surface area contributed by atoms with Crippen LogP contribution in [-0.2, 0) is 6.42 Å². The molecule has 0 aliphatic heterocycles. The summed E-state index contributed by atoms with van der Waals surface area (Å²) >= 11 is 1.43. The molecule has 0 aliphatic carbocycles. The van der Waals surface area contributed by atoms with Gasteiger partial charge in [-0.25, -0.2) is 0 Å². The Morgan fingerprint density at radius 2 is 1.62 bits per heavy atom. The van der Waals surface area contributed by atoms with Crippen molar-refractivity contribution in [1.82, 2.24) is 0 Å². The Hall–Kier alpha value is -3.03. The number of nitrogens with one attached hydrogen (secondary N) is 1. The van der Waals surface area contributed by atoms with E-state index in [9.17, 15) is 10.1 Å². The van der Waals surface area contributed by atoms with E-state index in [2.05, 4.69) is 18.3 Å². The summed E-state index contributed by atoms with van der Waals surface area (Å²) in [5.74, 6) is -0.150. The molecule has 0 aromatic heterocycles. The van der Waals surface area contributed by atoms with Crippen molar-refractivity contribution in [3.8, 4) is 6.07 Å². The molecule has 0 fully saturated rings. The Labute approximate surface area is 157 Å². The molecule has 3 rings (SSSR count). The van der Waals surface area contributed by atoms with E-state index < -0.39 is 0 Å². The number of amides is 1. The fourth-order valence-corrected chi connectivity index (χ4v) is 3.67. The SMILES string of the molecule is CCc1ccccc1NC(=O)c1ccccc1Sc1ccccc1C#N. The van der Waals surface area contributed by atoms with E-state index in [1.54, 1.807) is 12.1 Å². The second-order valence-corrected chi connectivity index (χ2v) is 6.75. The quantitative estimate of drug-likeness (QED) is 0.653. The maximum absolute atomic E-state index is 12.9. The van der Waals surface area contributed by atoms with Gasteiger partial charge in [-0.2, -0.15) is 5.26 Å². The Morgan fingerprint density at radius 1 is 0.962 bits per heavy atom. The molecule has 3 aromatic carbocycles. The first kappa shape index (κ1) is 17.8. The number of rotatable bonds is 5. The summed E-state index contributed by atoms with van der Waals surface area (Å²) in [4.78, 5) is 14.5. The third-order valence-electron chi connectivity index (χ3n) is 4.01. The highest BCUT2D eigenvalue weighted by atomic mass is 32.2. The molecule has 1 amide bonds. The Kier molecular flexibility index (Phi) is 5.73. The average Bonchev–Trinajstić information content (AvgIpc) is 2.69. The van der Waals surface area contributed by atoms with Gasteiger partial charge < -0.3 is 5.32 Å². The first-order chi connectivity index (χ1) is 12.7. The lowest BCUT2D eigenvalue weighted by molar-refractivity contribution is 0.102. The third kappa shape index (κ3) is 3.96. The van der Waals surface area contributed by atoms with Crippen LogP contribution in [0.5, 0.6) is 0 Å². The number of hydrogen-bond donors (Lipinski definition) is 1. The van der Waals surface area contributed by atoms with E-state index in [0.29, 0.717) is 11.1 Å². The molecule has 0 spiro atoms. The molecule has 0 bridgehead atoms. The number of benzene rings is 3. The Morgan fingerprint density at radius 3 is 2.38 bits per heavy atom. The number of nitriles is 1. The molecule has 0 atom stereocenters. The summed E-state index contributed by atoms with van der Waals surface area (Å²) < 4.78 is 0. The van der Waals surface area contributed by atoms with Gasteiger partial charge in [-0.15, -0.1) is 0 Å². The van der Waals surface area contributed by atoms with Crippen LogP contribution >= 0.6 is 11.8 Å². The van der Waals surface area contributed by atoms with Gasteiger partial charge in [-0.1, -0.05) is 61.2 Å². The normalized spacial score (nSPS) is 10.2. The van der Waals surface area contributed by atoms with Gasteiger partial charge in [0, 0.05) is 15.5 Å². The third-order valence-corrected chi connectivity index (χ3v) is 5.16. The zero-order valence-electron chi connectivity index (χ0n) is 14.4. The van der Waals surface area contributed by atoms with Gasteiger partial charge in [0.15, 0.2) is 0 Å². The maximum Gasteiger partial charge on any atom is 0.256 e. The fraction of sp³-hybridized carbons (Fsp3) is 0.0909. The average molecular weight is 358 g/mol. The minimum atomic E-state index is -0.150. The first-order valence-corrected chi connectivity index (χ1v) is 9.20. The van der Waals surface area contributed by atoms with Crippen molar-refractivity contribution in [2.45, 2.75) is 23.1 Å². The molecule has 0 aliphatic rings. The summed E-state index contributed by atoms with van der Waals surface area (Å²) in [6.45, 7) is 2.06. The second kappa shape index (κ2) is 8.37. The highest BCUT2D eigenvalue weighted by Crippen LogP contribution is 2.33. The summed E-state index contributed by atoms with van der Waals surface area (Å²) in [6.07, 6.45) is 0.850. The van der Waals surface area contributed by atoms with E-state index in [0.717, 1.165) is 27.5 Å². The van der Waals surface area contributed by atoms with Crippen LogP contribution in [0.2, 0.25) is 0 Å². The van der Waals surface area contributed by atoms with Crippen molar-refractivity contribution in [2.24, 2.45) is 0 Å². The van der Waals surface area contributed by atoms with Crippen LogP contribution in [0.1, 0.15) is 28.4 Å². The van der Waals surface area contributed by atoms with Gasteiger partial charge in [-0.05, 0) is 42.3 Å². The predicted molar refractivity (Wildman–Crippen MR) is 105 cm³/mol. The van der Waals surface area contributed by atoms with Gasteiger partial charge in [0.25, 0.3) is 5.91 Å². The molecule has 3 nitrogen and oxygen atoms in total. The van der Waals surface area contributed by atoms with Crippen LogP contribution in [0.4, 0.5) is 5.69 Å². The van der Waals surface area contributed by atoms with E-state index in [4.69, 9.17) is 0 Å². The molecule has 128 valence electrons. The number of aryl methyl sites for hydroxylation is 1. The van der Waals surface area contributed by atoms with Crippen LogP contribution in [0.25, 0.3) is 0 Å². The van der Waals surface area contributed by atoms with Crippen molar-refractivity contribution in [1.29, 1.82) is 5.26 Å². The standard InChI is InChI=1S/C22H18N2OS/c1-2-16-9-3-6-12-19(16)24-22(25)18-11-5-8-14-21(18)26-20-13-7-4-10-17(20)15-23/h3-14H,2H2,1H3,(H,24,25). The van der Waals surface area contributed by atoms with Gasteiger partial charge in [0.05, 0.1) is 11.1 Å². The summed E-state index contributed by atoms with van der Waals surface area (Å²) in [7, 11) is 0. The zero-order chi connectivity index (χ0) is 18.4. The minimum Gasteiger partial charge on any atom is -0.322 e. The van der Waals surface area contributed by atoms with Crippen molar-refractivity contribution in [2.75, 3.05) is 5.32 Å². The van der Waals surface area contributed by atoms with Crippen molar-refractivity contribution in [3.63, 3.8) is 0 Å². The summed E-state index contributed by atoms with van der Waals surface area (Å²) in [5, 5.41) is 12.3. The molecule has 0 saturated heterocycles. The molecule has 0 radical (unpaired) electrons. The van der Waals surface area contributed by atoms with E-state index in [-0.39, 0.29) is 5.91 Å². The highest BCUT2D eigenvalue weighted by Gasteiger charge is 2.14. The first-order valence-electron chi connectivity index (χ1n) is 8.38. The number of carbonyl (C=O) groups excluding carboxylic acids is 1. The van der Waals surface area contributed by atoms with Crippen molar-refractivity contribution < 1.29 is 4.79 Å². The van der Waals surface area contributed by atoms with Crippen LogP contribution in [-0.4, -0.2) is 5.91 Å². The minimum absolute atomic E-state index is 0.150. The Bertz CT molecular complexity index is 976. The zero-order valence-corrected chi connectivity index (χ0v) is 15.2. The summed E-state index contributed by atoms with van der Waals surface area (Å²) in [6, 6.07) is 24.9. The van der Waals surface area contributed by atoms with Crippen LogP contribution in [0.3, 0.4) is 0 Å². The van der Waals surface area contributed by atoms with Gasteiger partial charge >= 0.3 is 0 Å². The fourth-order valence-electron chi connectivity index (χ4n) is 2.65. The van der Waals surface area contributed by atoms with Gasteiger partial charge in [0.2, 0.25) is 0 Å². The highest BCUT2D eigenvalue weighted by molar-refractivity contribution is 7.99. The number of anilines is 1. The monoisotopic (exact) mass is 358 g/mol. The lowest BCUT2D eigenvalue weighted by atomic mass is 10.1. The van der Waals surface area contributed by atoms with Crippen molar-refractivity contribution >= 4 is 23.4 Å². The molecule has 0 saturated carbocycles. The molecular weight excluding hydrogens is 340 g/mol. The van der Waals surface area contributed by atoms with E-state index in [1.165, 1.54) is 11.8 Å². The summed E-state index contributed by atoms with van der Waals surface area (Å²) in [5.41, 5.74) is 3.12. The van der Waals surface area contributed by atoms with Gasteiger partial charge in [-0.3, -0.25) is 4.79 Å². The topological polar surface area (TPSA) is 52.9 Å². The van der Waals surface area contributed by atoms with Crippen LogP contribution in [0, 0.1) is 11.3 Å². The molecule has 0 unspecified atom stereocenters. The molecule has 1 N–H and O–H groups in total. The predicted octanol–water partition coefficient (Wildman–Crippen LogP) is 5.52. The number of para-hydroxylation sites is 1. The second-order valence-electron chi connectivity index (χ2n) is 5.67. The lowest BCUT2D eigenvalue weighted by Gasteiger charge is -2.12. The van der Waals surface area contributed by atoms with E-state index >= 15 is 0 Å². The molecule has 3 aromatic rings. The smallest absolute Gasteiger partial charge is 0.256 e. The van der Waals surface area contributed by atoms with E-state index in [1.807, 2.05) is 60.7 Å². The number of carbonyl (C=O) groups is 1. The van der Waals surface area contributed by atoms with Crippen molar-refractivity contribution in [3.05, 3.63) is 89.5 Å². The number of nitrogens with zero attached hydrogens (tertiary/aromatic N) is 1. The molecule has 4 heteroatoms. The molecule has 0 heterocycles. The largest absolute Gasteiger partial charge is 0.322 e. The number of hydrogen-bond acceptors (Lipinski definition) is 3. The maximum atomic E-state index is 12.9. The van der Waals surface area contributed by atoms with Gasteiger partial charge in [0.1, 0.15) is 6.07 Å². The molecular formula is C22H18N2OS. The van der Waals surface area contributed by atoms with Crippen LogP contribution < -0.4 is 5.32 Å². The lowest BCUT2D eigenvalue weighted by Crippen LogP contribution is -2.14. The Balaban J connectivity index is 1.89. The van der Waals surface area contributed by atoms with Crippen LogP contribution in [0.15, 0.2) is 82.6 Å². The molecule has 26 heavy (non-hydrogen) atoms.